The molecular formula is C18H25N5O. The van der Waals surface area contributed by atoms with Gasteiger partial charge in [0.2, 0.25) is 5.91 Å². The van der Waals surface area contributed by atoms with Gasteiger partial charge in [0.25, 0.3) is 0 Å². The summed E-state index contributed by atoms with van der Waals surface area (Å²) in [6.45, 7) is 5.34. The summed E-state index contributed by atoms with van der Waals surface area (Å²) in [5.41, 5.74) is 2.93. The average Bonchev–Trinajstić information content (AvgIpc) is 3.23. The second kappa shape index (κ2) is 6.51. The number of aromatic nitrogens is 3. The van der Waals surface area contributed by atoms with Gasteiger partial charge in [-0.3, -0.25) is 9.69 Å². The number of amides is 1. The second-order valence-corrected chi connectivity index (χ2v) is 7.01. The Morgan fingerprint density at radius 2 is 2.00 bits per heavy atom. The zero-order valence-electron chi connectivity index (χ0n) is 14.3. The molecular weight excluding hydrogens is 302 g/mol. The summed E-state index contributed by atoms with van der Waals surface area (Å²) >= 11 is 0. The van der Waals surface area contributed by atoms with Gasteiger partial charge in [-0.25, -0.2) is 9.50 Å². The summed E-state index contributed by atoms with van der Waals surface area (Å²) in [5, 5.41) is 4.40. The van der Waals surface area contributed by atoms with Crippen molar-refractivity contribution in [2.45, 2.75) is 45.1 Å². The Hall–Kier alpha value is -1.95. The molecule has 24 heavy (non-hydrogen) atoms. The smallest absolute Gasteiger partial charge is 0.236 e. The molecule has 0 bridgehead atoms. The van der Waals surface area contributed by atoms with Crippen molar-refractivity contribution in [2.75, 3.05) is 26.2 Å². The minimum absolute atomic E-state index is 0.241. The van der Waals surface area contributed by atoms with Crippen LogP contribution in [0.3, 0.4) is 0 Å². The van der Waals surface area contributed by atoms with E-state index < -0.39 is 0 Å². The first kappa shape index (κ1) is 15.6. The van der Waals surface area contributed by atoms with Crippen LogP contribution in [0.15, 0.2) is 18.3 Å². The van der Waals surface area contributed by atoms with Crippen LogP contribution in [0, 0.1) is 6.92 Å². The molecule has 2 fully saturated rings. The zero-order valence-corrected chi connectivity index (χ0v) is 14.3. The molecule has 128 valence electrons. The number of hydrogen-bond donors (Lipinski definition) is 0. The highest BCUT2D eigenvalue weighted by atomic mass is 16.2. The van der Waals surface area contributed by atoms with Gasteiger partial charge in [-0.1, -0.05) is 6.42 Å². The van der Waals surface area contributed by atoms with Gasteiger partial charge in [0, 0.05) is 25.4 Å². The summed E-state index contributed by atoms with van der Waals surface area (Å²) in [6.07, 6.45) is 7.72. The monoisotopic (exact) mass is 327 g/mol. The van der Waals surface area contributed by atoms with E-state index in [0.717, 1.165) is 62.4 Å². The van der Waals surface area contributed by atoms with Gasteiger partial charge in [-0.05, 0) is 45.2 Å². The van der Waals surface area contributed by atoms with Gasteiger partial charge >= 0.3 is 0 Å². The highest BCUT2D eigenvalue weighted by Gasteiger charge is 2.29. The number of piperidine rings is 1. The van der Waals surface area contributed by atoms with Gasteiger partial charge in [0.15, 0.2) is 5.65 Å². The summed E-state index contributed by atoms with van der Waals surface area (Å²) < 4.78 is 1.82. The van der Waals surface area contributed by atoms with Gasteiger partial charge in [-0.15, -0.1) is 0 Å². The lowest BCUT2D eigenvalue weighted by Gasteiger charge is -2.35. The molecule has 2 aliphatic heterocycles. The first-order valence-corrected chi connectivity index (χ1v) is 9.05. The summed E-state index contributed by atoms with van der Waals surface area (Å²) in [5.74, 6) is 0.278. The molecule has 4 heterocycles. The van der Waals surface area contributed by atoms with E-state index in [9.17, 15) is 4.79 Å². The fourth-order valence-corrected chi connectivity index (χ4v) is 3.95. The standard InChI is InChI=1S/C18H25N5O/c1-14-12-17-19-15(7-11-23(17)20-14)16-6-2-3-10-22(16)13-18(24)21-8-4-5-9-21/h7,11-12,16H,2-6,8-10,13H2,1H3. The maximum Gasteiger partial charge on any atom is 0.236 e. The van der Waals surface area contributed by atoms with Crippen LogP contribution in [0.2, 0.25) is 0 Å². The number of nitrogens with zero attached hydrogens (tertiary/aromatic N) is 5. The van der Waals surface area contributed by atoms with Crippen LogP contribution in [0.5, 0.6) is 0 Å². The molecule has 0 spiro atoms. The normalized spacial score (nSPS) is 22.4. The average molecular weight is 327 g/mol. The van der Waals surface area contributed by atoms with E-state index in [2.05, 4.69) is 16.1 Å². The molecule has 1 atom stereocenters. The molecule has 1 unspecified atom stereocenters. The number of likely N-dealkylation sites (tertiary alicyclic amines) is 2. The minimum Gasteiger partial charge on any atom is -0.342 e. The van der Waals surface area contributed by atoms with Crippen molar-refractivity contribution in [1.29, 1.82) is 0 Å². The summed E-state index contributed by atoms with van der Waals surface area (Å²) in [6, 6.07) is 4.31. The van der Waals surface area contributed by atoms with Crippen LogP contribution in [0.1, 0.15) is 49.5 Å². The van der Waals surface area contributed by atoms with E-state index in [1.807, 2.05) is 28.6 Å². The van der Waals surface area contributed by atoms with E-state index in [1.54, 1.807) is 0 Å². The Balaban J connectivity index is 1.54. The Bertz CT molecular complexity index is 734. The molecule has 4 rings (SSSR count). The third-order valence-electron chi connectivity index (χ3n) is 5.22. The molecule has 2 saturated heterocycles. The minimum atomic E-state index is 0.241. The summed E-state index contributed by atoms with van der Waals surface area (Å²) in [7, 11) is 0. The third kappa shape index (κ3) is 3.02. The fourth-order valence-electron chi connectivity index (χ4n) is 3.95. The molecule has 6 heteroatoms. The topological polar surface area (TPSA) is 53.7 Å². The molecule has 2 aliphatic rings. The molecule has 2 aromatic rings. The van der Waals surface area contributed by atoms with E-state index in [1.165, 1.54) is 6.42 Å². The first-order valence-electron chi connectivity index (χ1n) is 9.05. The number of hydrogen-bond acceptors (Lipinski definition) is 4. The van der Waals surface area contributed by atoms with E-state index in [4.69, 9.17) is 4.98 Å². The number of fused-ring (bicyclic) bond motifs is 1. The largest absolute Gasteiger partial charge is 0.342 e. The maximum absolute atomic E-state index is 12.6. The van der Waals surface area contributed by atoms with E-state index in [0.29, 0.717) is 6.54 Å². The zero-order chi connectivity index (χ0) is 16.5. The number of carbonyl (C=O) groups excluding carboxylic acids is 1. The van der Waals surface area contributed by atoms with Crippen molar-refractivity contribution in [2.24, 2.45) is 0 Å². The van der Waals surface area contributed by atoms with Crippen LogP contribution in [-0.4, -0.2) is 56.5 Å². The van der Waals surface area contributed by atoms with Crippen molar-refractivity contribution in [3.63, 3.8) is 0 Å². The van der Waals surface area contributed by atoms with Crippen LogP contribution in [-0.2, 0) is 4.79 Å². The van der Waals surface area contributed by atoms with Gasteiger partial charge in [-0.2, -0.15) is 5.10 Å². The van der Waals surface area contributed by atoms with Gasteiger partial charge < -0.3 is 4.90 Å². The number of carbonyl (C=O) groups is 1. The number of aryl methyl sites for hydroxylation is 1. The lowest BCUT2D eigenvalue weighted by atomic mass is 9.99. The van der Waals surface area contributed by atoms with Gasteiger partial charge in [0.1, 0.15) is 0 Å². The second-order valence-electron chi connectivity index (χ2n) is 7.01. The molecule has 0 N–H and O–H groups in total. The van der Waals surface area contributed by atoms with Crippen molar-refractivity contribution >= 4 is 11.6 Å². The third-order valence-corrected chi connectivity index (χ3v) is 5.22. The van der Waals surface area contributed by atoms with Crippen molar-refractivity contribution < 1.29 is 4.79 Å². The quantitative estimate of drug-likeness (QED) is 0.867. The Morgan fingerprint density at radius 3 is 2.83 bits per heavy atom. The predicted octanol–water partition coefficient (Wildman–Crippen LogP) is 2.19. The van der Waals surface area contributed by atoms with Crippen molar-refractivity contribution in [3.8, 4) is 0 Å². The fraction of sp³-hybridized carbons (Fsp3) is 0.611. The molecule has 0 radical (unpaired) electrons. The number of rotatable bonds is 3. The Labute approximate surface area is 142 Å². The molecule has 0 aliphatic carbocycles. The molecule has 0 aromatic carbocycles. The lowest BCUT2D eigenvalue weighted by molar-refractivity contribution is -0.132. The lowest BCUT2D eigenvalue weighted by Crippen LogP contribution is -2.42. The molecule has 0 saturated carbocycles. The summed E-state index contributed by atoms with van der Waals surface area (Å²) in [4.78, 5) is 21.7. The van der Waals surface area contributed by atoms with Crippen LogP contribution in [0.4, 0.5) is 0 Å². The Kier molecular flexibility index (Phi) is 4.22. The van der Waals surface area contributed by atoms with Crippen molar-refractivity contribution in [3.05, 3.63) is 29.7 Å². The molecule has 2 aromatic heterocycles. The van der Waals surface area contributed by atoms with E-state index in [-0.39, 0.29) is 11.9 Å². The van der Waals surface area contributed by atoms with Gasteiger partial charge in [0.05, 0.1) is 24.0 Å². The SMILES string of the molecule is Cc1cc2nc(C3CCCCN3CC(=O)N3CCCC3)ccn2n1. The van der Waals surface area contributed by atoms with Crippen LogP contribution in [0.25, 0.3) is 5.65 Å². The maximum atomic E-state index is 12.6. The van der Waals surface area contributed by atoms with E-state index >= 15 is 0 Å². The van der Waals surface area contributed by atoms with Crippen LogP contribution >= 0.6 is 0 Å². The highest BCUT2D eigenvalue weighted by molar-refractivity contribution is 5.78. The predicted molar refractivity (Wildman–Crippen MR) is 91.7 cm³/mol. The molecule has 6 nitrogen and oxygen atoms in total. The first-order chi connectivity index (χ1) is 11.7. The van der Waals surface area contributed by atoms with Crippen LogP contribution < -0.4 is 0 Å². The highest BCUT2D eigenvalue weighted by Crippen LogP contribution is 2.30. The molecule has 1 amide bonds. The Morgan fingerprint density at radius 1 is 1.21 bits per heavy atom. The van der Waals surface area contributed by atoms with Crippen molar-refractivity contribution in [1.82, 2.24) is 24.4 Å².